The van der Waals surface area contributed by atoms with E-state index in [0.29, 0.717) is 11.6 Å². The molecule has 0 aliphatic rings. The van der Waals surface area contributed by atoms with E-state index in [9.17, 15) is 8.42 Å². The van der Waals surface area contributed by atoms with Gasteiger partial charge in [0.25, 0.3) is 0 Å². The fourth-order valence-electron chi connectivity index (χ4n) is 1.42. The molecule has 1 heterocycles. The Morgan fingerprint density at radius 2 is 2.04 bits per heavy atom. The summed E-state index contributed by atoms with van der Waals surface area (Å²) in [6, 6.07) is 3.22. The zero-order valence-corrected chi connectivity index (χ0v) is 14.7. The Labute approximate surface area is 137 Å². The Hall–Kier alpha value is -2.34. The Morgan fingerprint density at radius 3 is 2.48 bits per heavy atom. The molecule has 23 heavy (non-hydrogen) atoms. The van der Waals surface area contributed by atoms with Crippen LogP contribution in [0.1, 0.15) is 27.7 Å². The van der Waals surface area contributed by atoms with Crippen molar-refractivity contribution in [2.45, 2.75) is 33.7 Å². The van der Waals surface area contributed by atoms with Gasteiger partial charge in [0, 0.05) is 6.04 Å². The molecule has 0 saturated heterocycles. The molecule has 0 aliphatic heterocycles. The van der Waals surface area contributed by atoms with Crippen LogP contribution in [0.15, 0.2) is 23.3 Å². The summed E-state index contributed by atoms with van der Waals surface area (Å²) in [4.78, 5) is 7.70. The molecule has 1 aromatic rings. The van der Waals surface area contributed by atoms with Crippen LogP contribution in [-0.2, 0) is 10.0 Å². The van der Waals surface area contributed by atoms with E-state index < -0.39 is 10.0 Å². The molecule has 0 aromatic carbocycles. The molecule has 1 unspecified atom stereocenters. The van der Waals surface area contributed by atoms with Crippen molar-refractivity contribution in [3.8, 4) is 6.19 Å². The summed E-state index contributed by atoms with van der Waals surface area (Å²) in [5.74, 6) is 0.522. The summed E-state index contributed by atoms with van der Waals surface area (Å²) in [6.07, 6.45) is 4.24. The summed E-state index contributed by atoms with van der Waals surface area (Å²) in [5.41, 5.74) is 0.561. The first kappa shape index (κ1) is 18.7. The van der Waals surface area contributed by atoms with Crippen LogP contribution in [0, 0.1) is 16.9 Å². The van der Waals surface area contributed by atoms with Crippen molar-refractivity contribution in [2.24, 2.45) is 10.4 Å². The number of sulfonamides is 1. The number of hydrogen-bond acceptors (Lipinski definition) is 5. The van der Waals surface area contributed by atoms with Crippen LogP contribution in [0.2, 0.25) is 0 Å². The molecule has 0 bridgehead atoms. The second kappa shape index (κ2) is 7.28. The number of nitrogens with one attached hydrogen (secondary N) is 3. The zero-order valence-electron chi connectivity index (χ0n) is 13.9. The summed E-state index contributed by atoms with van der Waals surface area (Å²) in [7, 11) is -3.37. The Kier molecular flexibility index (Phi) is 5.92. The van der Waals surface area contributed by atoms with Gasteiger partial charge in [-0.1, -0.05) is 20.8 Å². The van der Waals surface area contributed by atoms with Crippen molar-refractivity contribution < 1.29 is 8.42 Å². The van der Waals surface area contributed by atoms with Gasteiger partial charge in [0.2, 0.25) is 22.2 Å². The maximum atomic E-state index is 11.1. The number of hydrogen-bond donors (Lipinski definition) is 3. The maximum absolute atomic E-state index is 11.1. The first-order chi connectivity index (χ1) is 10.5. The summed E-state index contributed by atoms with van der Waals surface area (Å²) >= 11 is 0. The van der Waals surface area contributed by atoms with E-state index in [4.69, 9.17) is 5.26 Å². The van der Waals surface area contributed by atoms with Gasteiger partial charge in [0.1, 0.15) is 5.82 Å². The van der Waals surface area contributed by atoms with Gasteiger partial charge < -0.3 is 10.6 Å². The fourth-order valence-corrected chi connectivity index (χ4v) is 1.92. The molecular weight excluding hydrogens is 316 g/mol. The molecule has 0 spiro atoms. The van der Waals surface area contributed by atoms with Crippen LogP contribution in [-0.4, -0.2) is 31.7 Å². The molecule has 0 saturated carbocycles. The van der Waals surface area contributed by atoms with Crippen molar-refractivity contribution in [1.82, 2.24) is 10.3 Å². The van der Waals surface area contributed by atoms with E-state index in [-0.39, 0.29) is 17.3 Å². The van der Waals surface area contributed by atoms with Crippen LogP contribution in [0.5, 0.6) is 0 Å². The van der Waals surface area contributed by atoms with E-state index >= 15 is 0 Å². The Bertz CT molecular complexity index is 698. The third-order valence-corrected chi connectivity index (χ3v) is 3.71. The molecule has 1 atom stereocenters. The van der Waals surface area contributed by atoms with Crippen molar-refractivity contribution in [1.29, 1.82) is 5.26 Å². The predicted molar refractivity (Wildman–Crippen MR) is 91.4 cm³/mol. The van der Waals surface area contributed by atoms with Crippen molar-refractivity contribution in [2.75, 3.05) is 16.3 Å². The minimum absolute atomic E-state index is 0.0145. The lowest BCUT2D eigenvalue weighted by atomic mass is 9.88. The quantitative estimate of drug-likeness (QED) is 0.437. The average Bonchev–Trinajstić information content (AvgIpc) is 2.38. The number of nitrogens with zero attached hydrogens (tertiary/aromatic N) is 3. The monoisotopic (exact) mass is 338 g/mol. The second-order valence-corrected chi connectivity index (χ2v) is 7.97. The molecule has 3 N–H and O–H groups in total. The topological polar surface area (TPSA) is 119 Å². The highest BCUT2D eigenvalue weighted by Gasteiger charge is 2.21. The molecule has 1 aromatic heterocycles. The zero-order chi connectivity index (χ0) is 17.7. The molecular formula is C14H22N6O2S. The standard InChI is InChI=1S/C14H22N6O2S/c1-10(14(2,3)4)18-13(17-9-15)19-11-6-7-12(16-8-11)20-23(5,21)22/h6-8,10H,1-5H3,(H,16,20)(H2,17,18,19). The number of aliphatic imine (C=N–C) groups is 1. The first-order valence-electron chi connectivity index (χ1n) is 6.95. The van der Waals surface area contributed by atoms with Gasteiger partial charge in [-0.3, -0.25) is 4.72 Å². The predicted octanol–water partition coefficient (Wildman–Crippen LogP) is 1.73. The third-order valence-electron chi connectivity index (χ3n) is 3.13. The lowest BCUT2D eigenvalue weighted by Crippen LogP contribution is -2.44. The Balaban J connectivity index is 2.82. The van der Waals surface area contributed by atoms with Gasteiger partial charge in [-0.2, -0.15) is 5.26 Å². The molecule has 9 heteroatoms. The molecule has 0 amide bonds. The number of aromatic nitrogens is 1. The summed E-state index contributed by atoms with van der Waals surface area (Å²) in [5, 5.41) is 14.9. The van der Waals surface area contributed by atoms with Gasteiger partial charge in [0.05, 0.1) is 18.1 Å². The summed E-state index contributed by atoms with van der Waals surface area (Å²) in [6.45, 7) is 8.21. The van der Waals surface area contributed by atoms with E-state index in [1.54, 1.807) is 12.3 Å². The smallest absolute Gasteiger partial charge is 0.230 e. The van der Waals surface area contributed by atoms with Crippen LogP contribution in [0.3, 0.4) is 0 Å². The molecule has 1 rings (SSSR count). The molecule has 0 fully saturated rings. The van der Waals surface area contributed by atoms with Crippen LogP contribution in [0.4, 0.5) is 11.5 Å². The number of pyridine rings is 1. The number of nitriles is 1. The minimum atomic E-state index is -3.37. The van der Waals surface area contributed by atoms with E-state index in [0.717, 1.165) is 6.26 Å². The lowest BCUT2D eigenvalue weighted by Gasteiger charge is -2.29. The molecule has 0 aliphatic carbocycles. The third kappa shape index (κ3) is 6.97. The van der Waals surface area contributed by atoms with E-state index in [1.807, 2.05) is 6.92 Å². The number of guanidine groups is 1. The maximum Gasteiger partial charge on any atom is 0.230 e. The van der Waals surface area contributed by atoms with E-state index in [2.05, 4.69) is 46.1 Å². The van der Waals surface area contributed by atoms with Gasteiger partial charge in [0.15, 0.2) is 0 Å². The average molecular weight is 338 g/mol. The normalized spacial score (nSPS) is 13.8. The molecule has 0 radical (unpaired) electrons. The van der Waals surface area contributed by atoms with Crippen LogP contribution >= 0.6 is 0 Å². The number of anilines is 2. The SMILES string of the molecule is CC(NC(=NC#N)Nc1ccc(NS(C)(=O)=O)nc1)C(C)(C)C. The first-order valence-corrected chi connectivity index (χ1v) is 8.84. The Morgan fingerprint density at radius 1 is 1.39 bits per heavy atom. The van der Waals surface area contributed by atoms with Gasteiger partial charge in [-0.25, -0.2) is 13.4 Å². The van der Waals surface area contributed by atoms with Gasteiger partial charge in [-0.15, -0.1) is 4.99 Å². The van der Waals surface area contributed by atoms with Gasteiger partial charge in [-0.05, 0) is 24.5 Å². The highest BCUT2D eigenvalue weighted by atomic mass is 32.2. The fraction of sp³-hybridized carbons (Fsp3) is 0.500. The van der Waals surface area contributed by atoms with Crippen molar-refractivity contribution in [3.63, 3.8) is 0 Å². The van der Waals surface area contributed by atoms with Gasteiger partial charge >= 0.3 is 0 Å². The van der Waals surface area contributed by atoms with Crippen molar-refractivity contribution in [3.05, 3.63) is 18.3 Å². The number of rotatable bonds is 4. The largest absolute Gasteiger partial charge is 0.352 e. The molecule has 126 valence electrons. The lowest BCUT2D eigenvalue weighted by molar-refractivity contribution is 0.316. The highest BCUT2D eigenvalue weighted by Crippen LogP contribution is 2.18. The van der Waals surface area contributed by atoms with E-state index in [1.165, 1.54) is 12.3 Å². The highest BCUT2D eigenvalue weighted by molar-refractivity contribution is 7.92. The van der Waals surface area contributed by atoms with Crippen molar-refractivity contribution >= 4 is 27.5 Å². The summed E-state index contributed by atoms with van der Waals surface area (Å²) < 4.78 is 24.5. The van der Waals surface area contributed by atoms with Crippen LogP contribution in [0.25, 0.3) is 0 Å². The second-order valence-electron chi connectivity index (χ2n) is 6.22. The van der Waals surface area contributed by atoms with Crippen LogP contribution < -0.4 is 15.4 Å². The molecule has 8 nitrogen and oxygen atoms in total. The minimum Gasteiger partial charge on any atom is -0.352 e.